The first-order valence-electron chi connectivity index (χ1n) is 12.5. The number of imide groups is 1. The maximum absolute atomic E-state index is 15.7. The number of benzene rings is 2. The summed E-state index contributed by atoms with van der Waals surface area (Å²) in [5.41, 5.74) is -1.74. The van der Waals surface area contributed by atoms with Crippen molar-refractivity contribution in [3.8, 4) is 5.75 Å². The molecule has 41 heavy (non-hydrogen) atoms. The summed E-state index contributed by atoms with van der Waals surface area (Å²) in [7, 11) is 0. The lowest BCUT2D eigenvalue weighted by Gasteiger charge is -2.24. The number of alkyl halides is 2. The van der Waals surface area contributed by atoms with Crippen molar-refractivity contribution in [3.63, 3.8) is 0 Å². The van der Waals surface area contributed by atoms with E-state index in [1.807, 2.05) is 18.2 Å². The first-order valence-corrected chi connectivity index (χ1v) is 12.9. The molecular weight excluding hydrogens is 560 g/mol. The predicted molar refractivity (Wildman–Crippen MR) is 145 cm³/mol. The zero-order chi connectivity index (χ0) is 29.5. The van der Waals surface area contributed by atoms with Gasteiger partial charge in [-0.05, 0) is 30.2 Å². The number of carbonyl (C=O) groups excluding carboxylic acids is 3. The van der Waals surface area contributed by atoms with Gasteiger partial charge in [-0.1, -0.05) is 54.1 Å². The number of fused-ring (bicyclic) bond motifs is 2. The molecule has 0 unspecified atom stereocenters. The lowest BCUT2D eigenvalue weighted by atomic mass is 10.0. The van der Waals surface area contributed by atoms with Gasteiger partial charge in [0.25, 0.3) is 23.3 Å². The molecule has 0 bridgehead atoms. The lowest BCUT2D eigenvalue weighted by molar-refractivity contribution is -0.0359. The van der Waals surface area contributed by atoms with Crippen LogP contribution in [0.25, 0.3) is 11.0 Å². The van der Waals surface area contributed by atoms with E-state index in [2.05, 4.69) is 4.98 Å². The highest BCUT2D eigenvalue weighted by atomic mass is 35.5. The van der Waals surface area contributed by atoms with E-state index >= 15 is 8.78 Å². The van der Waals surface area contributed by atoms with Crippen molar-refractivity contribution < 1.29 is 33.0 Å². The predicted octanol–water partition coefficient (Wildman–Crippen LogP) is 4.45. The molecule has 1 N–H and O–H groups in total. The van der Waals surface area contributed by atoms with Gasteiger partial charge in [0, 0.05) is 12.6 Å². The van der Waals surface area contributed by atoms with Crippen LogP contribution >= 0.6 is 11.6 Å². The second kappa shape index (κ2) is 10.7. The van der Waals surface area contributed by atoms with Crippen LogP contribution in [-0.4, -0.2) is 56.4 Å². The molecule has 3 heterocycles. The van der Waals surface area contributed by atoms with Gasteiger partial charge in [0.15, 0.2) is 11.3 Å². The number of nitrogens with zero attached hydrogens (tertiary/aromatic N) is 3. The Morgan fingerprint density at radius 3 is 2.22 bits per heavy atom. The molecule has 0 saturated carbocycles. The normalized spacial score (nSPS) is 13.1. The second-order valence-corrected chi connectivity index (χ2v) is 9.77. The molecule has 0 saturated heterocycles. The maximum Gasteiger partial charge on any atom is 0.347 e. The average molecular weight is 582 g/mol. The van der Waals surface area contributed by atoms with E-state index in [0.717, 1.165) is 5.56 Å². The molecule has 0 radical (unpaired) electrons. The summed E-state index contributed by atoms with van der Waals surface area (Å²) in [6.45, 7) is -1.43. The molecule has 4 aromatic rings. The number of hydrogen-bond acceptors (Lipinski definition) is 7. The number of rotatable bonds is 8. The number of esters is 1. The van der Waals surface area contributed by atoms with Gasteiger partial charge < -0.3 is 9.84 Å². The quantitative estimate of drug-likeness (QED) is 0.241. The number of hydrogen-bond donors (Lipinski definition) is 1. The van der Waals surface area contributed by atoms with Gasteiger partial charge in [0.05, 0.1) is 41.4 Å². The van der Waals surface area contributed by atoms with Crippen LogP contribution in [0.5, 0.6) is 5.75 Å². The number of halogens is 3. The highest BCUT2D eigenvalue weighted by Gasteiger charge is 2.43. The first-order chi connectivity index (χ1) is 19.5. The summed E-state index contributed by atoms with van der Waals surface area (Å²) in [5, 5.41) is 10.7. The highest BCUT2D eigenvalue weighted by molar-refractivity contribution is 6.36. The topological polar surface area (TPSA) is 119 Å². The number of aromatic nitrogens is 2. The third kappa shape index (κ3) is 5.04. The second-order valence-electron chi connectivity index (χ2n) is 9.39. The van der Waals surface area contributed by atoms with Crippen LogP contribution in [0.3, 0.4) is 0 Å². The molecule has 12 heteroatoms. The van der Waals surface area contributed by atoms with E-state index in [1.54, 1.807) is 12.1 Å². The number of amides is 2. The van der Waals surface area contributed by atoms with Crippen LogP contribution < -0.4 is 5.56 Å². The number of ether oxygens (including phenoxy) is 1. The fraction of sp³-hybridized carbons (Fsp3) is 0.207. The first kappa shape index (κ1) is 27.9. The van der Waals surface area contributed by atoms with Crippen LogP contribution in [0.15, 0.2) is 65.6 Å². The zero-order valence-corrected chi connectivity index (χ0v) is 22.3. The minimum atomic E-state index is -3.87. The summed E-state index contributed by atoms with van der Waals surface area (Å²) in [6, 6.07) is 14.8. The average Bonchev–Trinajstić information content (AvgIpc) is 3.17. The Morgan fingerprint density at radius 2 is 1.61 bits per heavy atom. The largest absolute Gasteiger partial charge is 0.505 e. The number of pyridine rings is 2. The maximum atomic E-state index is 15.7. The van der Waals surface area contributed by atoms with Crippen molar-refractivity contribution in [2.24, 2.45) is 0 Å². The number of aromatic hydroxyl groups is 1. The molecule has 0 atom stereocenters. The van der Waals surface area contributed by atoms with Gasteiger partial charge in [-0.25, -0.2) is 13.6 Å². The van der Waals surface area contributed by atoms with Crippen molar-refractivity contribution in [1.29, 1.82) is 0 Å². The molecule has 0 aliphatic carbocycles. The van der Waals surface area contributed by atoms with Crippen molar-refractivity contribution >= 4 is 40.4 Å². The van der Waals surface area contributed by atoms with Crippen molar-refractivity contribution in [2.75, 3.05) is 13.2 Å². The third-order valence-corrected chi connectivity index (χ3v) is 7.05. The van der Waals surface area contributed by atoms with E-state index in [-0.39, 0.29) is 40.2 Å². The van der Waals surface area contributed by atoms with E-state index < -0.39 is 53.7 Å². The van der Waals surface area contributed by atoms with Crippen molar-refractivity contribution in [3.05, 3.63) is 104 Å². The Bertz CT molecular complexity index is 1740. The summed E-state index contributed by atoms with van der Waals surface area (Å²) in [4.78, 5) is 56.1. The van der Waals surface area contributed by atoms with Crippen LogP contribution in [-0.2, 0) is 17.7 Å². The summed E-state index contributed by atoms with van der Waals surface area (Å²) < 4.78 is 36.7. The Hall–Kier alpha value is -4.64. The van der Waals surface area contributed by atoms with Gasteiger partial charge in [-0.2, -0.15) is 0 Å². The monoisotopic (exact) mass is 581 g/mol. The Morgan fingerprint density at radius 1 is 1.00 bits per heavy atom. The smallest absolute Gasteiger partial charge is 0.347 e. The lowest BCUT2D eigenvalue weighted by Crippen LogP contribution is -2.44. The minimum Gasteiger partial charge on any atom is -0.505 e. The molecule has 0 fully saturated rings. The summed E-state index contributed by atoms with van der Waals surface area (Å²) in [5.74, 6) is -7.76. The molecule has 1 aliphatic rings. The standard InChI is InChI=1S/C29H22ClF2N3O6/c1-2-41-28(40)20-24(36)22-23(21(30)17(13-33-22)12-16-8-4-3-5-9-16)34(27(20)39)14-29(31,32)15-35-25(37)18-10-6-7-11-19(18)26(35)38/h3-11,13,36H,2,12,14-15H2,1H3. The van der Waals surface area contributed by atoms with Gasteiger partial charge >= 0.3 is 5.97 Å². The Labute approximate surface area is 236 Å². The third-order valence-electron chi connectivity index (χ3n) is 6.63. The van der Waals surface area contributed by atoms with Gasteiger partial charge in [0.1, 0.15) is 5.52 Å². The zero-order valence-electron chi connectivity index (χ0n) is 21.6. The molecule has 210 valence electrons. The van der Waals surface area contributed by atoms with E-state index in [9.17, 15) is 24.3 Å². The molecular formula is C29H22ClF2N3O6. The summed E-state index contributed by atoms with van der Waals surface area (Å²) in [6.07, 6.45) is 1.54. The Kier molecular flexibility index (Phi) is 7.31. The van der Waals surface area contributed by atoms with Crippen molar-refractivity contribution in [2.45, 2.75) is 25.8 Å². The van der Waals surface area contributed by atoms with Crippen LogP contribution in [0.2, 0.25) is 5.02 Å². The molecule has 1 aliphatic heterocycles. The molecule has 0 spiro atoms. The van der Waals surface area contributed by atoms with Crippen LogP contribution in [0.4, 0.5) is 8.78 Å². The van der Waals surface area contributed by atoms with E-state index in [4.69, 9.17) is 16.3 Å². The van der Waals surface area contributed by atoms with E-state index in [1.165, 1.54) is 37.4 Å². The fourth-order valence-electron chi connectivity index (χ4n) is 4.76. The number of carbonyl (C=O) groups is 3. The SMILES string of the molecule is CCOC(=O)c1c(O)c2ncc(Cc3ccccc3)c(Cl)c2n(CC(F)(F)CN2C(=O)c3ccccc3C2=O)c1=O. The van der Waals surface area contributed by atoms with E-state index in [0.29, 0.717) is 15.0 Å². The van der Waals surface area contributed by atoms with Gasteiger partial charge in [-0.3, -0.25) is 28.8 Å². The molecule has 9 nitrogen and oxygen atoms in total. The summed E-state index contributed by atoms with van der Waals surface area (Å²) >= 11 is 6.65. The fourth-order valence-corrected chi connectivity index (χ4v) is 5.07. The molecule has 5 rings (SSSR count). The molecule has 2 amide bonds. The minimum absolute atomic E-state index is 0.0112. The highest BCUT2D eigenvalue weighted by Crippen LogP contribution is 2.35. The molecule has 2 aromatic heterocycles. The van der Waals surface area contributed by atoms with Crippen molar-refractivity contribution in [1.82, 2.24) is 14.5 Å². The Balaban J connectivity index is 1.62. The molecule has 2 aromatic carbocycles. The van der Waals surface area contributed by atoms with Crippen LogP contribution in [0, 0.1) is 0 Å². The van der Waals surface area contributed by atoms with Gasteiger partial charge in [-0.15, -0.1) is 0 Å². The van der Waals surface area contributed by atoms with Gasteiger partial charge in [0.2, 0.25) is 0 Å². The van der Waals surface area contributed by atoms with Crippen LogP contribution in [0.1, 0.15) is 49.1 Å².